The zero-order valence-corrected chi connectivity index (χ0v) is 8.79. The average molecular weight is 209 g/mol. The Morgan fingerprint density at radius 1 is 1.80 bits per heavy atom. The van der Waals surface area contributed by atoms with Crippen LogP contribution >= 0.6 is 0 Å². The number of hydrogen-bond donors (Lipinski definition) is 1. The lowest BCUT2D eigenvalue weighted by Gasteiger charge is -2.27. The number of esters is 1. The first-order valence-corrected chi connectivity index (χ1v) is 4.78. The molecule has 1 saturated heterocycles. The third-order valence-corrected chi connectivity index (χ3v) is 1.90. The molecule has 0 spiro atoms. The summed E-state index contributed by atoms with van der Waals surface area (Å²) in [7, 11) is 0. The molecule has 0 aliphatic carbocycles. The van der Waals surface area contributed by atoms with Gasteiger partial charge in [0.15, 0.2) is 0 Å². The molecular weight excluding hydrogens is 194 g/mol. The molecule has 0 radical (unpaired) electrons. The van der Waals surface area contributed by atoms with Crippen LogP contribution in [-0.2, 0) is 14.3 Å². The number of allylic oxidation sites excluding steroid dienone is 2. The highest BCUT2D eigenvalue weighted by Gasteiger charge is 2.27. The molecule has 0 aromatic rings. The second-order valence-corrected chi connectivity index (χ2v) is 2.98. The predicted molar refractivity (Wildman–Crippen MR) is 56.9 cm³/mol. The van der Waals surface area contributed by atoms with Crippen LogP contribution in [-0.4, -0.2) is 25.2 Å². The Hall–Kier alpha value is -1.71. The van der Waals surface area contributed by atoms with Crippen LogP contribution < -0.4 is 5.32 Å². The average Bonchev–Trinajstić information content (AvgIpc) is 2.21. The highest BCUT2D eigenvalue weighted by molar-refractivity contribution is 5.75. The van der Waals surface area contributed by atoms with Gasteiger partial charge in [0.1, 0.15) is 5.76 Å². The van der Waals surface area contributed by atoms with Crippen LogP contribution in [0, 0.1) is 0 Å². The van der Waals surface area contributed by atoms with E-state index in [1.807, 2.05) is 0 Å². The number of morpholine rings is 1. The summed E-state index contributed by atoms with van der Waals surface area (Å²) in [6.07, 6.45) is 2.75. The second-order valence-electron chi connectivity index (χ2n) is 2.98. The van der Waals surface area contributed by atoms with Gasteiger partial charge in [0, 0.05) is 0 Å². The lowest BCUT2D eigenvalue weighted by atomic mass is 10.2. The van der Waals surface area contributed by atoms with E-state index in [4.69, 9.17) is 9.47 Å². The van der Waals surface area contributed by atoms with E-state index in [0.717, 1.165) is 5.70 Å². The number of carbonyl (C=O) groups is 1. The third kappa shape index (κ3) is 2.87. The van der Waals surface area contributed by atoms with E-state index < -0.39 is 6.10 Å². The molecule has 1 atom stereocenters. The molecule has 1 aliphatic heterocycles. The standard InChI is InChI=1S/C11H15NO3/c1-4-6-9-8(3)15-10(7-12-9)11(13)14-5-2/h4,6,10,12H,1,3,5,7H2,2H3/b9-6+. The van der Waals surface area contributed by atoms with Crippen molar-refractivity contribution in [1.82, 2.24) is 5.32 Å². The van der Waals surface area contributed by atoms with Crippen LogP contribution in [0.3, 0.4) is 0 Å². The first-order valence-electron chi connectivity index (χ1n) is 4.78. The van der Waals surface area contributed by atoms with Gasteiger partial charge in [-0.3, -0.25) is 0 Å². The van der Waals surface area contributed by atoms with E-state index in [1.165, 1.54) is 0 Å². The molecule has 1 heterocycles. The van der Waals surface area contributed by atoms with E-state index >= 15 is 0 Å². The normalized spacial score (nSPS) is 22.9. The van der Waals surface area contributed by atoms with Crippen molar-refractivity contribution in [2.24, 2.45) is 0 Å². The molecule has 1 N–H and O–H groups in total. The fourth-order valence-electron chi connectivity index (χ4n) is 1.21. The minimum absolute atomic E-state index is 0.348. The predicted octanol–water partition coefficient (Wildman–Crippen LogP) is 1.12. The topological polar surface area (TPSA) is 47.6 Å². The number of nitrogens with one attached hydrogen (secondary N) is 1. The summed E-state index contributed by atoms with van der Waals surface area (Å²) in [4.78, 5) is 11.3. The van der Waals surface area contributed by atoms with Gasteiger partial charge in [0.2, 0.25) is 6.10 Å². The summed E-state index contributed by atoms with van der Waals surface area (Å²) in [6, 6.07) is 0. The van der Waals surface area contributed by atoms with E-state index in [1.54, 1.807) is 19.1 Å². The van der Waals surface area contributed by atoms with Crippen molar-refractivity contribution in [3.63, 3.8) is 0 Å². The molecule has 1 unspecified atom stereocenters. The number of hydrogen-bond acceptors (Lipinski definition) is 4. The maximum atomic E-state index is 11.3. The lowest BCUT2D eigenvalue weighted by molar-refractivity contribution is -0.154. The molecule has 1 rings (SSSR count). The van der Waals surface area contributed by atoms with Gasteiger partial charge in [-0.2, -0.15) is 0 Å². The van der Waals surface area contributed by atoms with Crippen LogP contribution in [0.2, 0.25) is 0 Å². The van der Waals surface area contributed by atoms with Gasteiger partial charge >= 0.3 is 5.97 Å². The Labute approximate surface area is 89.3 Å². The van der Waals surface area contributed by atoms with Crippen molar-refractivity contribution in [2.45, 2.75) is 13.0 Å². The molecule has 0 aromatic carbocycles. The fourth-order valence-corrected chi connectivity index (χ4v) is 1.21. The van der Waals surface area contributed by atoms with Crippen LogP contribution in [0.5, 0.6) is 0 Å². The largest absolute Gasteiger partial charge is 0.475 e. The molecule has 4 heteroatoms. The minimum Gasteiger partial charge on any atom is -0.475 e. The monoisotopic (exact) mass is 209 g/mol. The van der Waals surface area contributed by atoms with E-state index in [0.29, 0.717) is 18.9 Å². The fraction of sp³-hybridized carbons (Fsp3) is 0.364. The van der Waals surface area contributed by atoms with Crippen molar-refractivity contribution in [3.8, 4) is 0 Å². The molecule has 0 amide bonds. The summed E-state index contributed by atoms with van der Waals surface area (Å²) in [6.45, 7) is 9.76. The zero-order valence-electron chi connectivity index (χ0n) is 8.79. The van der Waals surface area contributed by atoms with Crippen molar-refractivity contribution in [2.75, 3.05) is 13.2 Å². The van der Waals surface area contributed by atoms with Crippen LogP contribution in [0.1, 0.15) is 6.92 Å². The van der Waals surface area contributed by atoms with E-state index in [9.17, 15) is 4.79 Å². The van der Waals surface area contributed by atoms with E-state index in [2.05, 4.69) is 18.5 Å². The highest BCUT2D eigenvalue weighted by atomic mass is 16.6. The Kier molecular flexibility index (Phi) is 3.97. The van der Waals surface area contributed by atoms with Crippen molar-refractivity contribution in [3.05, 3.63) is 36.8 Å². The number of carbonyl (C=O) groups excluding carboxylic acids is 1. The van der Waals surface area contributed by atoms with Crippen molar-refractivity contribution >= 4 is 5.97 Å². The van der Waals surface area contributed by atoms with Crippen molar-refractivity contribution in [1.29, 1.82) is 0 Å². The van der Waals surface area contributed by atoms with Gasteiger partial charge in [-0.05, 0) is 13.0 Å². The second kappa shape index (κ2) is 5.24. The smallest absolute Gasteiger partial charge is 0.349 e. The maximum absolute atomic E-state index is 11.3. The van der Waals surface area contributed by atoms with Crippen LogP contribution in [0.15, 0.2) is 36.8 Å². The third-order valence-electron chi connectivity index (χ3n) is 1.90. The van der Waals surface area contributed by atoms with Gasteiger partial charge in [-0.15, -0.1) is 0 Å². The quantitative estimate of drug-likeness (QED) is 0.708. The first kappa shape index (κ1) is 11.4. The number of rotatable bonds is 3. The molecule has 1 fully saturated rings. The van der Waals surface area contributed by atoms with Crippen molar-refractivity contribution < 1.29 is 14.3 Å². The molecule has 82 valence electrons. The van der Waals surface area contributed by atoms with E-state index in [-0.39, 0.29) is 5.97 Å². The molecule has 0 aromatic heterocycles. The number of ether oxygens (including phenoxy) is 2. The Morgan fingerprint density at radius 2 is 2.53 bits per heavy atom. The molecule has 4 nitrogen and oxygen atoms in total. The Morgan fingerprint density at radius 3 is 3.07 bits per heavy atom. The highest BCUT2D eigenvalue weighted by Crippen LogP contribution is 2.15. The minimum atomic E-state index is -0.612. The summed E-state index contributed by atoms with van der Waals surface area (Å²) < 4.78 is 10.2. The summed E-state index contributed by atoms with van der Waals surface area (Å²) in [5.74, 6) is 0.0583. The molecule has 0 bridgehead atoms. The molecular formula is C11H15NO3. The van der Waals surface area contributed by atoms with Crippen LogP contribution in [0.25, 0.3) is 0 Å². The SMILES string of the molecule is C=C/C=C1/NCC(C(=O)OCC)OC1=C. The van der Waals surface area contributed by atoms with Gasteiger partial charge in [0.05, 0.1) is 18.8 Å². The first-order chi connectivity index (χ1) is 7.19. The van der Waals surface area contributed by atoms with Crippen LogP contribution in [0.4, 0.5) is 0 Å². The van der Waals surface area contributed by atoms with Gasteiger partial charge in [0.25, 0.3) is 0 Å². The maximum Gasteiger partial charge on any atom is 0.349 e. The van der Waals surface area contributed by atoms with Gasteiger partial charge in [-0.25, -0.2) is 4.79 Å². The molecule has 1 aliphatic rings. The van der Waals surface area contributed by atoms with Gasteiger partial charge < -0.3 is 14.8 Å². The summed E-state index contributed by atoms with van der Waals surface area (Å²) in [5.41, 5.74) is 0.741. The van der Waals surface area contributed by atoms with Gasteiger partial charge in [-0.1, -0.05) is 19.2 Å². The summed E-state index contributed by atoms with van der Waals surface area (Å²) >= 11 is 0. The Bertz CT molecular complexity index is 307. The Balaban J connectivity index is 2.58. The lowest BCUT2D eigenvalue weighted by Crippen LogP contribution is -2.41. The molecule has 0 saturated carbocycles. The summed E-state index contributed by atoms with van der Waals surface area (Å²) in [5, 5.41) is 3.02. The molecule has 15 heavy (non-hydrogen) atoms. The zero-order chi connectivity index (χ0) is 11.3.